The van der Waals surface area contributed by atoms with Gasteiger partial charge in [0.2, 0.25) is 5.91 Å². The van der Waals surface area contributed by atoms with E-state index in [0.29, 0.717) is 29.6 Å². The third kappa shape index (κ3) is 5.11. The van der Waals surface area contributed by atoms with Gasteiger partial charge in [-0.3, -0.25) is 9.69 Å². The van der Waals surface area contributed by atoms with E-state index >= 15 is 0 Å². The van der Waals surface area contributed by atoms with Gasteiger partial charge in [0.15, 0.2) is 5.13 Å². The lowest BCUT2D eigenvalue weighted by Gasteiger charge is -2.20. The Kier molecular flexibility index (Phi) is 7.07. The van der Waals surface area contributed by atoms with E-state index in [1.54, 1.807) is 24.1 Å². The maximum atomic E-state index is 13.3. The van der Waals surface area contributed by atoms with Crippen LogP contribution in [0.5, 0.6) is 5.75 Å². The van der Waals surface area contributed by atoms with E-state index in [2.05, 4.69) is 0 Å². The Labute approximate surface area is 195 Å². The van der Waals surface area contributed by atoms with Crippen molar-refractivity contribution in [3.8, 4) is 5.75 Å². The number of aromatic nitrogens is 1. The van der Waals surface area contributed by atoms with Gasteiger partial charge < -0.3 is 4.74 Å². The predicted molar refractivity (Wildman–Crippen MR) is 130 cm³/mol. The summed E-state index contributed by atoms with van der Waals surface area (Å²) in [7, 11) is 1.63. The zero-order valence-corrected chi connectivity index (χ0v) is 19.5. The fourth-order valence-electron chi connectivity index (χ4n) is 3.33. The molecule has 4 aromatic rings. The summed E-state index contributed by atoms with van der Waals surface area (Å²) in [5.41, 5.74) is 2.91. The number of anilines is 1. The number of benzene rings is 3. The summed E-state index contributed by atoms with van der Waals surface area (Å²) in [5, 5.41) is 0.660. The number of rotatable bonds is 8. The van der Waals surface area contributed by atoms with Crippen molar-refractivity contribution in [1.82, 2.24) is 4.98 Å². The Morgan fingerprint density at radius 2 is 1.84 bits per heavy atom. The molecule has 4 nitrogen and oxygen atoms in total. The number of carbonyl (C=O) groups excluding carboxylic acids is 1. The second kappa shape index (κ2) is 10.1. The van der Waals surface area contributed by atoms with E-state index in [4.69, 9.17) is 9.72 Å². The summed E-state index contributed by atoms with van der Waals surface area (Å²) in [4.78, 5) is 20.8. The van der Waals surface area contributed by atoms with Gasteiger partial charge in [-0.1, -0.05) is 47.7 Å². The van der Waals surface area contributed by atoms with Crippen molar-refractivity contribution in [3.05, 3.63) is 83.7 Å². The molecule has 0 fully saturated rings. The fourth-order valence-corrected chi connectivity index (χ4v) is 5.24. The Bertz CT molecular complexity index is 1210. The number of amides is 1. The zero-order valence-electron chi connectivity index (χ0n) is 17.9. The largest absolute Gasteiger partial charge is 0.494 e. The van der Waals surface area contributed by atoms with Gasteiger partial charge in [0.05, 0.1) is 18.4 Å². The molecular formula is C25H23FN2O2S2. The minimum atomic E-state index is -0.263. The standard InChI is InChI=1S/C25H23FN2O2S2/c1-17-8-13-21(30-2)23-24(17)32-25(27-23)28(16-18-6-4-3-5-7-18)22(29)14-15-31-20-11-9-19(26)10-12-20/h3-13H,14-16H2,1-2H3. The van der Waals surface area contributed by atoms with Gasteiger partial charge in [0, 0.05) is 17.1 Å². The highest BCUT2D eigenvalue weighted by molar-refractivity contribution is 7.99. The molecule has 0 radical (unpaired) electrons. The smallest absolute Gasteiger partial charge is 0.229 e. The summed E-state index contributed by atoms with van der Waals surface area (Å²) in [6.45, 7) is 2.48. The number of thioether (sulfide) groups is 1. The highest BCUT2D eigenvalue weighted by Gasteiger charge is 2.22. The normalized spacial score (nSPS) is 11.0. The van der Waals surface area contributed by atoms with Crippen molar-refractivity contribution >= 4 is 44.4 Å². The Hall–Kier alpha value is -2.90. The van der Waals surface area contributed by atoms with Crippen molar-refractivity contribution in [2.24, 2.45) is 0 Å². The van der Waals surface area contributed by atoms with Crippen LogP contribution in [0.2, 0.25) is 0 Å². The molecule has 0 spiro atoms. The number of hydrogen-bond donors (Lipinski definition) is 0. The molecule has 4 rings (SSSR count). The van der Waals surface area contributed by atoms with E-state index in [1.807, 2.05) is 49.4 Å². The first kappa shape index (κ1) is 22.3. The van der Waals surface area contributed by atoms with Crippen molar-refractivity contribution in [3.63, 3.8) is 0 Å². The van der Waals surface area contributed by atoms with Crippen molar-refractivity contribution in [2.45, 2.75) is 24.8 Å². The van der Waals surface area contributed by atoms with Crippen LogP contribution >= 0.6 is 23.1 Å². The van der Waals surface area contributed by atoms with Crippen LogP contribution in [0.25, 0.3) is 10.2 Å². The highest BCUT2D eigenvalue weighted by atomic mass is 32.2. The van der Waals surface area contributed by atoms with Crippen LogP contribution in [0.4, 0.5) is 9.52 Å². The van der Waals surface area contributed by atoms with Crippen LogP contribution in [0.3, 0.4) is 0 Å². The molecule has 0 atom stereocenters. The zero-order chi connectivity index (χ0) is 22.5. The first-order chi connectivity index (χ1) is 15.5. The van der Waals surface area contributed by atoms with E-state index in [-0.39, 0.29) is 11.7 Å². The Morgan fingerprint density at radius 3 is 2.56 bits per heavy atom. The minimum absolute atomic E-state index is 0.000796. The Morgan fingerprint density at radius 1 is 1.09 bits per heavy atom. The molecule has 7 heteroatoms. The molecule has 164 valence electrons. The lowest BCUT2D eigenvalue weighted by Crippen LogP contribution is -2.30. The van der Waals surface area contributed by atoms with Gasteiger partial charge in [0.25, 0.3) is 0 Å². The monoisotopic (exact) mass is 466 g/mol. The molecule has 1 aromatic heterocycles. The van der Waals surface area contributed by atoms with Gasteiger partial charge in [-0.25, -0.2) is 9.37 Å². The number of fused-ring (bicyclic) bond motifs is 1. The number of carbonyl (C=O) groups is 1. The molecule has 0 saturated carbocycles. The fraction of sp³-hybridized carbons (Fsp3) is 0.200. The number of nitrogens with zero attached hydrogens (tertiary/aromatic N) is 2. The van der Waals surface area contributed by atoms with Crippen LogP contribution in [0.1, 0.15) is 17.5 Å². The van der Waals surface area contributed by atoms with Crippen LogP contribution in [0.15, 0.2) is 71.6 Å². The second-order valence-electron chi connectivity index (χ2n) is 7.28. The van der Waals surface area contributed by atoms with Crippen molar-refractivity contribution in [1.29, 1.82) is 0 Å². The summed E-state index contributed by atoms with van der Waals surface area (Å²) < 4.78 is 19.6. The molecule has 1 heterocycles. The van der Waals surface area contributed by atoms with E-state index < -0.39 is 0 Å². The minimum Gasteiger partial charge on any atom is -0.494 e. The summed E-state index contributed by atoms with van der Waals surface area (Å²) in [6, 6.07) is 20.1. The quantitative estimate of drug-likeness (QED) is 0.279. The molecule has 1 amide bonds. The van der Waals surface area contributed by atoms with E-state index in [9.17, 15) is 9.18 Å². The second-order valence-corrected chi connectivity index (χ2v) is 9.42. The van der Waals surface area contributed by atoms with Crippen LogP contribution in [-0.2, 0) is 11.3 Å². The average molecular weight is 467 g/mol. The molecule has 0 saturated heterocycles. The summed E-state index contributed by atoms with van der Waals surface area (Å²) in [5.74, 6) is 1.04. The molecule has 0 aliphatic carbocycles. The first-order valence-electron chi connectivity index (χ1n) is 10.2. The van der Waals surface area contributed by atoms with Gasteiger partial charge in [-0.05, 0) is 48.4 Å². The number of thiazole rings is 1. The molecule has 0 aliphatic heterocycles. The van der Waals surface area contributed by atoms with Crippen LogP contribution < -0.4 is 9.64 Å². The third-order valence-electron chi connectivity index (χ3n) is 5.03. The van der Waals surface area contributed by atoms with Crippen molar-refractivity contribution < 1.29 is 13.9 Å². The topological polar surface area (TPSA) is 42.4 Å². The van der Waals surface area contributed by atoms with Crippen LogP contribution in [-0.4, -0.2) is 23.8 Å². The van der Waals surface area contributed by atoms with Crippen LogP contribution in [0, 0.1) is 12.7 Å². The predicted octanol–water partition coefficient (Wildman–Crippen LogP) is 6.47. The lowest BCUT2D eigenvalue weighted by molar-refractivity contribution is -0.118. The molecule has 0 aliphatic rings. The number of aryl methyl sites for hydroxylation is 1. The van der Waals surface area contributed by atoms with Gasteiger partial charge in [0.1, 0.15) is 17.1 Å². The molecular weight excluding hydrogens is 443 g/mol. The number of methoxy groups -OCH3 is 1. The third-order valence-corrected chi connectivity index (χ3v) is 7.25. The number of halogens is 1. The maximum Gasteiger partial charge on any atom is 0.229 e. The number of hydrogen-bond acceptors (Lipinski definition) is 5. The highest BCUT2D eigenvalue weighted by Crippen LogP contribution is 2.37. The SMILES string of the molecule is COc1ccc(C)c2sc(N(Cc3ccccc3)C(=O)CCSc3ccc(F)cc3)nc12. The lowest BCUT2D eigenvalue weighted by atomic mass is 10.2. The van der Waals surface area contributed by atoms with E-state index in [0.717, 1.165) is 26.2 Å². The number of ether oxygens (including phenoxy) is 1. The summed E-state index contributed by atoms with van der Waals surface area (Å²) >= 11 is 3.04. The Balaban J connectivity index is 1.58. The molecule has 0 N–H and O–H groups in total. The molecule has 3 aromatic carbocycles. The maximum absolute atomic E-state index is 13.3. The molecule has 0 unspecified atom stereocenters. The molecule has 0 bridgehead atoms. The summed E-state index contributed by atoms with van der Waals surface area (Å²) in [6.07, 6.45) is 0.348. The average Bonchev–Trinajstić information content (AvgIpc) is 3.26. The van der Waals surface area contributed by atoms with Crippen molar-refractivity contribution in [2.75, 3.05) is 17.8 Å². The molecule has 32 heavy (non-hydrogen) atoms. The van der Waals surface area contributed by atoms with Gasteiger partial charge in [-0.15, -0.1) is 11.8 Å². The van der Waals surface area contributed by atoms with E-state index in [1.165, 1.54) is 35.2 Å². The van der Waals surface area contributed by atoms with Gasteiger partial charge >= 0.3 is 0 Å². The first-order valence-corrected chi connectivity index (χ1v) is 12.0. The van der Waals surface area contributed by atoms with Gasteiger partial charge in [-0.2, -0.15) is 0 Å².